The van der Waals surface area contributed by atoms with Crippen molar-refractivity contribution in [2.24, 2.45) is 46.8 Å². The lowest BCUT2D eigenvalue weighted by Gasteiger charge is -2.56. The van der Waals surface area contributed by atoms with Gasteiger partial charge in [-0.2, -0.15) is 0 Å². The normalized spacial score (nSPS) is 44.2. The Morgan fingerprint density at radius 3 is 2.69 bits per heavy atom. The lowest BCUT2D eigenvalue weighted by molar-refractivity contribution is -0.0727. The summed E-state index contributed by atoms with van der Waals surface area (Å²) in [5.74, 6) is 7.66. The Morgan fingerprint density at radius 2 is 1.90 bits per heavy atom. The first-order valence-electron chi connectivity index (χ1n) is 12.3. The van der Waals surface area contributed by atoms with Crippen molar-refractivity contribution in [2.75, 3.05) is 13.7 Å². The molecule has 0 aromatic carbocycles. The average Bonchev–Trinajstić information content (AvgIpc) is 3.28. The topological polar surface area (TPSA) is 52.8 Å². The smallest absolute Gasteiger partial charge is 0.148 e. The minimum atomic E-state index is 0.559. The maximum absolute atomic E-state index is 5.49. The Balaban J connectivity index is 1.25. The second-order valence-corrected chi connectivity index (χ2v) is 11.1. The van der Waals surface area contributed by atoms with Crippen molar-refractivity contribution in [3.63, 3.8) is 0 Å². The summed E-state index contributed by atoms with van der Waals surface area (Å²) >= 11 is 0. The number of rotatable bonds is 5. The molecule has 29 heavy (non-hydrogen) atoms. The first-order chi connectivity index (χ1) is 14.1. The molecule has 4 saturated carbocycles. The highest BCUT2D eigenvalue weighted by Gasteiger charge is 2.56. The maximum Gasteiger partial charge on any atom is 0.148 e. The molecular weight excluding hydrogens is 360 g/mol. The van der Waals surface area contributed by atoms with Crippen LogP contribution in [0.25, 0.3) is 0 Å². The SMILES string of the molecule is COC[C@H]1CC[C@@H]2C3CC[C@@]4(C)C(CC[C@@H]4CCn4nnnc4C)[C@@H]3CC[C@@H]2C1. The molecule has 1 heterocycles. The van der Waals surface area contributed by atoms with Crippen LogP contribution in [0.3, 0.4) is 0 Å². The molecule has 0 spiro atoms. The molecule has 2 unspecified atom stereocenters. The van der Waals surface area contributed by atoms with E-state index in [0.717, 1.165) is 60.4 Å². The van der Waals surface area contributed by atoms with Crippen LogP contribution < -0.4 is 0 Å². The van der Waals surface area contributed by atoms with E-state index in [1.54, 1.807) is 0 Å². The molecule has 5 heteroatoms. The van der Waals surface area contributed by atoms with Gasteiger partial charge in [0.2, 0.25) is 0 Å². The number of aryl methyl sites for hydroxylation is 2. The Kier molecular flexibility index (Phi) is 5.46. The van der Waals surface area contributed by atoms with E-state index in [1.165, 1.54) is 64.2 Å². The van der Waals surface area contributed by atoms with Crippen LogP contribution in [0.2, 0.25) is 0 Å². The standard InChI is InChI=1S/C24H40N4O/c1-16-25-26-27-28(16)13-11-19-6-9-23-22-8-5-18-14-17(15-29-3)4-7-20(18)21(22)10-12-24(19,23)2/h17-23H,4-15H2,1-3H3/t17-,18+,19+,20-,21?,22+,23?,24+/m0/s1. The molecule has 0 radical (unpaired) electrons. The first-order valence-corrected chi connectivity index (χ1v) is 12.3. The Hall–Kier alpha value is -0.970. The number of ether oxygens (including phenoxy) is 1. The van der Waals surface area contributed by atoms with Crippen LogP contribution in [0.15, 0.2) is 0 Å². The van der Waals surface area contributed by atoms with E-state index in [1.807, 2.05) is 18.7 Å². The number of hydrogen-bond donors (Lipinski definition) is 0. The number of hydrogen-bond acceptors (Lipinski definition) is 4. The van der Waals surface area contributed by atoms with Crippen LogP contribution in [0.4, 0.5) is 0 Å². The molecule has 1 aromatic rings. The van der Waals surface area contributed by atoms with Gasteiger partial charge in [0.25, 0.3) is 0 Å². The van der Waals surface area contributed by atoms with Crippen molar-refractivity contribution >= 4 is 0 Å². The maximum atomic E-state index is 5.49. The highest BCUT2D eigenvalue weighted by atomic mass is 16.5. The second kappa shape index (κ2) is 7.94. The Labute approximate surface area is 176 Å². The van der Waals surface area contributed by atoms with Gasteiger partial charge in [-0.25, -0.2) is 4.68 Å². The van der Waals surface area contributed by atoms with E-state index >= 15 is 0 Å². The summed E-state index contributed by atoms with van der Waals surface area (Å²) in [6.45, 7) is 6.65. The van der Waals surface area contributed by atoms with Crippen molar-refractivity contribution in [1.82, 2.24) is 20.2 Å². The van der Waals surface area contributed by atoms with Gasteiger partial charge in [0.05, 0.1) is 0 Å². The molecule has 4 aliphatic carbocycles. The highest BCUT2D eigenvalue weighted by Crippen LogP contribution is 2.65. The summed E-state index contributed by atoms with van der Waals surface area (Å²) < 4.78 is 7.50. The molecule has 162 valence electrons. The minimum absolute atomic E-state index is 0.559. The molecule has 5 rings (SSSR count). The summed E-state index contributed by atoms with van der Waals surface area (Å²) in [7, 11) is 1.88. The quantitative estimate of drug-likeness (QED) is 0.705. The van der Waals surface area contributed by atoms with Crippen molar-refractivity contribution < 1.29 is 4.74 Å². The third-order valence-corrected chi connectivity index (χ3v) is 10.1. The van der Waals surface area contributed by atoms with Gasteiger partial charge in [-0.15, -0.1) is 5.10 Å². The van der Waals surface area contributed by atoms with Gasteiger partial charge in [-0.3, -0.25) is 0 Å². The van der Waals surface area contributed by atoms with Crippen LogP contribution in [-0.4, -0.2) is 33.9 Å². The van der Waals surface area contributed by atoms with Crippen LogP contribution >= 0.6 is 0 Å². The Bertz CT molecular complexity index is 705. The molecule has 8 atom stereocenters. The van der Waals surface area contributed by atoms with Crippen molar-refractivity contribution in [3.8, 4) is 0 Å². The van der Waals surface area contributed by atoms with Crippen LogP contribution in [0, 0.1) is 53.8 Å². The second-order valence-electron chi connectivity index (χ2n) is 11.1. The zero-order chi connectivity index (χ0) is 20.0. The zero-order valence-corrected chi connectivity index (χ0v) is 18.7. The van der Waals surface area contributed by atoms with Crippen molar-refractivity contribution in [3.05, 3.63) is 5.82 Å². The monoisotopic (exact) mass is 400 g/mol. The fourth-order valence-electron chi connectivity index (χ4n) is 8.65. The molecule has 1 aromatic heterocycles. The first kappa shape index (κ1) is 20.0. The lowest BCUT2D eigenvalue weighted by Crippen LogP contribution is -2.48. The molecule has 5 nitrogen and oxygen atoms in total. The number of fused-ring (bicyclic) bond motifs is 5. The number of aromatic nitrogens is 4. The van der Waals surface area contributed by atoms with Crippen molar-refractivity contribution in [1.29, 1.82) is 0 Å². The molecule has 4 aliphatic rings. The molecule has 0 saturated heterocycles. The van der Waals surface area contributed by atoms with Gasteiger partial charge >= 0.3 is 0 Å². The third-order valence-electron chi connectivity index (χ3n) is 10.1. The predicted molar refractivity (Wildman–Crippen MR) is 113 cm³/mol. The van der Waals surface area contributed by atoms with Crippen LogP contribution in [-0.2, 0) is 11.3 Å². The molecule has 0 N–H and O–H groups in total. The van der Waals surface area contributed by atoms with E-state index < -0.39 is 0 Å². The van der Waals surface area contributed by atoms with E-state index in [-0.39, 0.29) is 0 Å². The molecule has 4 fully saturated rings. The number of tetrazole rings is 1. The molecule has 0 bridgehead atoms. The summed E-state index contributed by atoms with van der Waals surface area (Å²) in [6.07, 6.45) is 14.4. The lowest BCUT2D eigenvalue weighted by atomic mass is 9.49. The van der Waals surface area contributed by atoms with E-state index in [9.17, 15) is 0 Å². The summed E-state index contributed by atoms with van der Waals surface area (Å²) in [5.41, 5.74) is 0.559. The molecular formula is C24H40N4O. The fraction of sp³-hybridized carbons (Fsp3) is 0.958. The molecule has 0 aliphatic heterocycles. The third kappa shape index (κ3) is 3.45. The fourth-order valence-corrected chi connectivity index (χ4v) is 8.65. The summed E-state index contributed by atoms with van der Waals surface area (Å²) in [4.78, 5) is 0. The van der Waals surface area contributed by atoms with Gasteiger partial charge in [0.1, 0.15) is 5.82 Å². The predicted octanol–water partition coefficient (Wildman–Crippen LogP) is 4.90. The summed E-state index contributed by atoms with van der Waals surface area (Å²) in [5, 5.41) is 12.1. The van der Waals surface area contributed by atoms with Crippen molar-refractivity contribution in [2.45, 2.75) is 84.6 Å². The average molecular weight is 401 g/mol. The number of nitrogens with zero attached hydrogens (tertiary/aromatic N) is 4. The van der Waals surface area contributed by atoms with Gasteiger partial charge in [0, 0.05) is 20.3 Å². The Morgan fingerprint density at radius 1 is 1.03 bits per heavy atom. The van der Waals surface area contributed by atoms with Gasteiger partial charge in [0.15, 0.2) is 0 Å². The van der Waals surface area contributed by atoms with Crippen LogP contribution in [0.5, 0.6) is 0 Å². The minimum Gasteiger partial charge on any atom is -0.384 e. The zero-order valence-electron chi connectivity index (χ0n) is 18.7. The number of methoxy groups -OCH3 is 1. The van der Waals surface area contributed by atoms with E-state index in [4.69, 9.17) is 4.74 Å². The van der Waals surface area contributed by atoms with Crippen LogP contribution in [0.1, 0.15) is 77.0 Å². The van der Waals surface area contributed by atoms with Gasteiger partial charge in [-0.1, -0.05) is 6.92 Å². The summed E-state index contributed by atoms with van der Waals surface area (Å²) in [6, 6.07) is 0. The molecule has 0 amide bonds. The van der Waals surface area contributed by atoms with E-state index in [0.29, 0.717) is 5.41 Å². The van der Waals surface area contributed by atoms with Gasteiger partial charge < -0.3 is 4.74 Å². The van der Waals surface area contributed by atoms with E-state index in [2.05, 4.69) is 22.4 Å². The van der Waals surface area contributed by atoms with Gasteiger partial charge in [-0.05, 0) is 128 Å². The highest BCUT2D eigenvalue weighted by molar-refractivity contribution is 5.06. The largest absolute Gasteiger partial charge is 0.384 e.